The van der Waals surface area contributed by atoms with E-state index in [-0.39, 0.29) is 11.9 Å². The maximum Gasteiger partial charge on any atom is 0.319 e. The van der Waals surface area contributed by atoms with Crippen LogP contribution in [0.1, 0.15) is 27.0 Å². The van der Waals surface area contributed by atoms with Gasteiger partial charge in [0.25, 0.3) is 5.91 Å². The molecule has 7 nitrogen and oxygen atoms in total. The van der Waals surface area contributed by atoms with Crippen LogP contribution in [0.25, 0.3) is 0 Å². The molecule has 0 aromatic heterocycles. The van der Waals surface area contributed by atoms with Gasteiger partial charge in [-0.05, 0) is 72.5 Å². The molecule has 33 heavy (non-hydrogen) atoms. The van der Waals surface area contributed by atoms with Crippen molar-refractivity contribution in [2.75, 3.05) is 31.0 Å². The summed E-state index contributed by atoms with van der Waals surface area (Å²) in [4.78, 5) is 27.3. The minimum Gasteiger partial charge on any atom is -0.497 e. The largest absolute Gasteiger partial charge is 0.497 e. The Hall–Kier alpha value is -4.00. The first-order valence-electron chi connectivity index (χ1n) is 10.8. The van der Waals surface area contributed by atoms with Crippen molar-refractivity contribution < 1.29 is 19.1 Å². The van der Waals surface area contributed by atoms with Gasteiger partial charge in [0.2, 0.25) is 0 Å². The van der Waals surface area contributed by atoms with Gasteiger partial charge in [-0.3, -0.25) is 4.79 Å². The Morgan fingerprint density at radius 1 is 0.970 bits per heavy atom. The number of aryl methyl sites for hydroxylation is 1. The van der Waals surface area contributed by atoms with Crippen molar-refractivity contribution in [3.8, 4) is 11.5 Å². The lowest BCUT2D eigenvalue weighted by Crippen LogP contribution is -2.29. The highest BCUT2D eigenvalue weighted by Crippen LogP contribution is 2.31. The summed E-state index contributed by atoms with van der Waals surface area (Å²) >= 11 is 0. The predicted octanol–water partition coefficient (Wildman–Crippen LogP) is 4.54. The van der Waals surface area contributed by atoms with E-state index in [2.05, 4.69) is 10.6 Å². The quantitative estimate of drug-likeness (QED) is 0.584. The van der Waals surface area contributed by atoms with Crippen molar-refractivity contribution in [3.05, 3.63) is 82.9 Å². The highest BCUT2D eigenvalue weighted by atomic mass is 16.5. The predicted molar refractivity (Wildman–Crippen MR) is 128 cm³/mol. The Morgan fingerprint density at radius 3 is 2.48 bits per heavy atom. The van der Waals surface area contributed by atoms with Crippen LogP contribution in [0.3, 0.4) is 0 Å². The third-order valence-corrected chi connectivity index (χ3v) is 5.68. The molecule has 1 aliphatic heterocycles. The molecule has 2 N–H and O–H groups in total. The number of nitrogens with zero attached hydrogens (tertiary/aromatic N) is 1. The Morgan fingerprint density at radius 2 is 1.76 bits per heavy atom. The molecule has 0 aliphatic carbocycles. The van der Waals surface area contributed by atoms with Crippen LogP contribution in [0, 0.1) is 6.92 Å². The number of nitrogens with one attached hydrogen (secondary N) is 2. The zero-order valence-corrected chi connectivity index (χ0v) is 19.0. The Balaban J connectivity index is 1.43. The molecule has 0 saturated heterocycles. The van der Waals surface area contributed by atoms with Gasteiger partial charge in [-0.15, -0.1) is 0 Å². The van der Waals surface area contributed by atoms with Crippen LogP contribution >= 0.6 is 0 Å². The molecule has 0 spiro atoms. The first-order valence-corrected chi connectivity index (χ1v) is 10.8. The van der Waals surface area contributed by atoms with E-state index in [1.165, 1.54) is 0 Å². The number of urea groups is 1. The topological polar surface area (TPSA) is 79.9 Å². The van der Waals surface area contributed by atoms with E-state index >= 15 is 0 Å². The average molecular weight is 446 g/mol. The lowest BCUT2D eigenvalue weighted by atomic mass is 10.1. The summed E-state index contributed by atoms with van der Waals surface area (Å²) in [6.07, 6.45) is 0.804. The van der Waals surface area contributed by atoms with Crippen LogP contribution in [-0.2, 0) is 13.0 Å². The van der Waals surface area contributed by atoms with E-state index < -0.39 is 0 Å². The number of rotatable bonds is 6. The maximum absolute atomic E-state index is 13.1. The first-order chi connectivity index (χ1) is 16.0. The molecule has 3 amide bonds. The summed E-state index contributed by atoms with van der Waals surface area (Å²) in [7, 11) is 3.16. The van der Waals surface area contributed by atoms with Crippen LogP contribution in [-0.4, -0.2) is 32.7 Å². The molecular formula is C26H27N3O4. The lowest BCUT2D eigenvalue weighted by molar-refractivity contribution is 0.0989. The highest BCUT2D eigenvalue weighted by Gasteiger charge is 2.26. The summed E-state index contributed by atoms with van der Waals surface area (Å²) in [6, 6.07) is 18.4. The van der Waals surface area contributed by atoms with Crippen LogP contribution in [0.4, 0.5) is 16.2 Å². The number of carbonyl (C=O) groups excluding carboxylic acids is 2. The van der Waals surface area contributed by atoms with E-state index in [9.17, 15) is 9.59 Å². The molecular weight excluding hydrogens is 418 g/mol. The van der Waals surface area contributed by atoms with Gasteiger partial charge >= 0.3 is 6.03 Å². The Labute approximate surface area is 193 Å². The second kappa shape index (κ2) is 9.65. The summed E-state index contributed by atoms with van der Waals surface area (Å²) < 4.78 is 10.5. The third kappa shape index (κ3) is 4.92. The number of methoxy groups -OCH3 is 2. The second-order valence-electron chi connectivity index (χ2n) is 7.91. The van der Waals surface area contributed by atoms with Crippen LogP contribution in [0.2, 0.25) is 0 Å². The molecule has 3 aromatic carbocycles. The number of benzene rings is 3. The fourth-order valence-electron chi connectivity index (χ4n) is 3.90. The van der Waals surface area contributed by atoms with E-state index in [1.54, 1.807) is 43.4 Å². The van der Waals surface area contributed by atoms with E-state index in [1.807, 2.05) is 43.3 Å². The number of anilines is 2. The number of carbonyl (C=O) groups is 2. The van der Waals surface area contributed by atoms with Gasteiger partial charge in [0.15, 0.2) is 0 Å². The van der Waals surface area contributed by atoms with Gasteiger partial charge in [0.1, 0.15) is 11.5 Å². The van der Waals surface area contributed by atoms with Crippen LogP contribution < -0.4 is 25.0 Å². The fourth-order valence-corrected chi connectivity index (χ4v) is 3.90. The molecule has 0 fully saturated rings. The number of hydrogen-bond acceptors (Lipinski definition) is 4. The van der Waals surface area contributed by atoms with Crippen molar-refractivity contribution >= 4 is 23.3 Å². The van der Waals surface area contributed by atoms with Gasteiger partial charge in [-0.1, -0.05) is 18.2 Å². The molecule has 3 aromatic rings. The van der Waals surface area contributed by atoms with Gasteiger partial charge in [0.05, 0.1) is 19.9 Å². The van der Waals surface area contributed by atoms with E-state index in [4.69, 9.17) is 9.47 Å². The Bertz CT molecular complexity index is 1170. The number of fused-ring (bicyclic) bond motifs is 1. The molecule has 0 unspecified atom stereocenters. The van der Waals surface area contributed by atoms with Gasteiger partial charge < -0.3 is 25.0 Å². The van der Waals surface area contributed by atoms with Gasteiger partial charge in [0, 0.05) is 24.3 Å². The summed E-state index contributed by atoms with van der Waals surface area (Å²) in [5.41, 5.74) is 5.16. The molecule has 0 radical (unpaired) electrons. The molecule has 0 atom stereocenters. The van der Waals surface area contributed by atoms with Crippen molar-refractivity contribution in [1.29, 1.82) is 0 Å². The van der Waals surface area contributed by atoms with Gasteiger partial charge in [-0.25, -0.2) is 4.79 Å². The Kier molecular flexibility index (Phi) is 6.49. The van der Waals surface area contributed by atoms with Gasteiger partial charge in [-0.2, -0.15) is 0 Å². The van der Waals surface area contributed by atoms with Crippen LogP contribution in [0.15, 0.2) is 60.7 Å². The zero-order valence-electron chi connectivity index (χ0n) is 19.0. The summed E-state index contributed by atoms with van der Waals surface area (Å²) in [5, 5.41) is 5.71. The first kappa shape index (κ1) is 22.2. The van der Waals surface area contributed by atoms with Crippen molar-refractivity contribution in [2.45, 2.75) is 19.9 Å². The monoisotopic (exact) mass is 445 g/mol. The zero-order chi connectivity index (χ0) is 23.4. The average Bonchev–Trinajstić information content (AvgIpc) is 3.26. The SMILES string of the molecule is COc1ccc(C(=O)N2CCc3ccc(CNC(=O)Nc4cc(C)ccc4OC)cc32)cc1. The van der Waals surface area contributed by atoms with Crippen molar-refractivity contribution in [1.82, 2.24) is 5.32 Å². The minimum atomic E-state index is -0.328. The van der Waals surface area contributed by atoms with E-state index in [0.717, 1.165) is 28.8 Å². The van der Waals surface area contributed by atoms with E-state index in [0.29, 0.717) is 35.8 Å². The summed E-state index contributed by atoms with van der Waals surface area (Å²) in [6.45, 7) is 2.91. The second-order valence-corrected chi connectivity index (χ2v) is 7.91. The molecule has 4 rings (SSSR count). The molecule has 170 valence electrons. The number of hydrogen-bond donors (Lipinski definition) is 2. The van der Waals surface area contributed by atoms with Crippen LogP contribution in [0.5, 0.6) is 11.5 Å². The smallest absolute Gasteiger partial charge is 0.319 e. The third-order valence-electron chi connectivity index (χ3n) is 5.68. The lowest BCUT2D eigenvalue weighted by Gasteiger charge is -2.18. The number of amides is 3. The maximum atomic E-state index is 13.1. The normalized spacial score (nSPS) is 12.2. The fraction of sp³-hybridized carbons (Fsp3) is 0.231. The standard InChI is InChI=1S/C26H27N3O4/c1-17-4-11-24(33-3)22(14-17)28-26(31)27-16-18-5-6-19-12-13-29(23(19)15-18)25(30)20-7-9-21(32-2)10-8-20/h4-11,14-15H,12-13,16H2,1-3H3,(H2,27,28,31). The molecule has 0 saturated carbocycles. The molecule has 1 aliphatic rings. The highest BCUT2D eigenvalue weighted by molar-refractivity contribution is 6.07. The number of ether oxygens (including phenoxy) is 2. The molecule has 1 heterocycles. The molecule has 7 heteroatoms. The summed E-state index contributed by atoms with van der Waals surface area (Å²) in [5.74, 6) is 1.26. The van der Waals surface area contributed by atoms with Crippen molar-refractivity contribution in [2.24, 2.45) is 0 Å². The van der Waals surface area contributed by atoms with Crippen molar-refractivity contribution in [3.63, 3.8) is 0 Å². The molecule has 0 bridgehead atoms. The minimum absolute atomic E-state index is 0.0502.